The number of alkyl halides is 4. The van der Waals surface area contributed by atoms with Crippen molar-refractivity contribution in [2.45, 2.75) is 27.3 Å². The molecule has 1 heterocycles. The molecule has 0 aromatic rings. The number of fused-ring (bicyclic) bond motifs is 5. The Morgan fingerprint density at radius 1 is 1.20 bits per heavy atom. The van der Waals surface area contributed by atoms with Gasteiger partial charge >= 0.3 is 5.97 Å². The number of ether oxygens (including phenoxy) is 2. The maximum absolute atomic E-state index is 11.2. The molecule has 0 aromatic heterocycles. The monoisotopic (exact) mass is 398 g/mol. The van der Waals surface area contributed by atoms with Gasteiger partial charge in [0.25, 0.3) is 0 Å². The Balaban J connectivity index is 2.14. The van der Waals surface area contributed by atoms with Gasteiger partial charge in [0.2, 0.25) is 6.29 Å². The number of esters is 1. The predicted octanol–water partition coefficient (Wildman–Crippen LogP) is 3.98. The van der Waals surface area contributed by atoms with Crippen molar-refractivity contribution in [3.05, 3.63) is 10.1 Å². The maximum atomic E-state index is 11.2. The third-order valence-electron chi connectivity index (χ3n) is 4.16. The summed E-state index contributed by atoms with van der Waals surface area (Å²) in [6, 6.07) is 0. The van der Waals surface area contributed by atoms with Crippen molar-refractivity contribution in [1.82, 2.24) is 0 Å². The first-order chi connectivity index (χ1) is 9.10. The van der Waals surface area contributed by atoms with Gasteiger partial charge in [-0.15, -0.1) is 23.2 Å². The Hall–Kier alpha value is 0.910. The van der Waals surface area contributed by atoms with Crippen LogP contribution in [0.4, 0.5) is 0 Å². The molecule has 3 nitrogen and oxygen atoms in total. The van der Waals surface area contributed by atoms with Gasteiger partial charge in [0, 0.05) is 12.8 Å². The summed E-state index contributed by atoms with van der Waals surface area (Å²) in [7, 11) is 0. The SMILES string of the molecule is CC(=O)OC1OC[C@@H]2[C@H]1[C@]1(Cl)C(Cl)=C(Cl)[C@@]2(Cl)C1(Cl)Cl. The lowest BCUT2D eigenvalue weighted by Crippen LogP contribution is -2.47. The fourth-order valence-electron chi connectivity index (χ4n) is 3.30. The predicted molar refractivity (Wildman–Crippen MR) is 78.8 cm³/mol. The van der Waals surface area contributed by atoms with Gasteiger partial charge in [0.05, 0.1) is 22.6 Å². The summed E-state index contributed by atoms with van der Waals surface area (Å²) in [4.78, 5) is 8.35. The first kappa shape index (κ1) is 15.8. The molecule has 2 aliphatic carbocycles. The van der Waals surface area contributed by atoms with E-state index < -0.39 is 38.2 Å². The molecular weight excluding hydrogens is 393 g/mol. The van der Waals surface area contributed by atoms with Crippen LogP contribution in [0.1, 0.15) is 6.92 Å². The number of carbonyl (C=O) groups excluding carboxylic acids is 1. The van der Waals surface area contributed by atoms with Gasteiger partial charge in [-0.25, -0.2) is 0 Å². The standard InChI is InChI=1S/C11H8Cl6O3/c1-3(18)20-8-5-4(2-19-8)9(14)6(12)7(13)10(5,15)11(9,16)17/h4-5,8H,2H2,1H3/t4-,5-,8?,9-,10+/m1/s1. The minimum atomic E-state index is -1.63. The number of allylic oxidation sites excluding steroid dienone is 2. The number of hydrogen-bond donors (Lipinski definition) is 0. The molecule has 0 radical (unpaired) electrons. The van der Waals surface area contributed by atoms with Gasteiger partial charge in [-0.1, -0.05) is 46.4 Å². The molecule has 9 heteroatoms. The van der Waals surface area contributed by atoms with Gasteiger partial charge in [0.15, 0.2) is 4.33 Å². The lowest BCUT2D eigenvalue weighted by atomic mass is 9.84. The van der Waals surface area contributed by atoms with Crippen LogP contribution in [0.2, 0.25) is 0 Å². The average Bonchev–Trinajstić information content (AvgIpc) is 2.84. The average molecular weight is 401 g/mol. The van der Waals surface area contributed by atoms with Crippen LogP contribution in [-0.4, -0.2) is 32.9 Å². The number of carbonyl (C=O) groups is 1. The summed E-state index contributed by atoms with van der Waals surface area (Å²) in [6.45, 7) is 1.43. The van der Waals surface area contributed by atoms with Gasteiger partial charge in [-0.2, -0.15) is 0 Å². The van der Waals surface area contributed by atoms with Crippen LogP contribution in [0, 0.1) is 11.8 Å². The molecule has 1 unspecified atom stereocenters. The van der Waals surface area contributed by atoms with E-state index in [0.717, 1.165) is 0 Å². The van der Waals surface area contributed by atoms with Crippen molar-refractivity contribution >= 4 is 75.6 Å². The highest BCUT2D eigenvalue weighted by Gasteiger charge is 2.85. The van der Waals surface area contributed by atoms with Crippen LogP contribution in [0.5, 0.6) is 0 Å². The highest BCUT2D eigenvalue weighted by Crippen LogP contribution is 2.77. The van der Waals surface area contributed by atoms with Crippen LogP contribution < -0.4 is 0 Å². The minimum absolute atomic E-state index is 0.0738. The third kappa shape index (κ3) is 1.49. The summed E-state index contributed by atoms with van der Waals surface area (Å²) in [5.41, 5.74) is 0. The molecule has 112 valence electrons. The van der Waals surface area contributed by atoms with Gasteiger partial charge in [-0.3, -0.25) is 4.79 Å². The van der Waals surface area contributed by atoms with Crippen molar-refractivity contribution in [1.29, 1.82) is 0 Å². The van der Waals surface area contributed by atoms with E-state index in [2.05, 4.69) is 0 Å². The van der Waals surface area contributed by atoms with Gasteiger partial charge in [-0.05, 0) is 0 Å². The Morgan fingerprint density at radius 3 is 2.30 bits per heavy atom. The van der Waals surface area contributed by atoms with Crippen LogP contribution in [0.15, 0.2) is 10.1 Å². The van der Waals surface area contributed by atoms with Crippen LogP contribution in [0.3, 0.4) is 0 Å². The van der Waals surface area contributed by atoms with E-state index in [4.69, 9.17) is 79.1 Å². The largest absolute Gasteiger partial charge is 0.436 e. The fourth-order valence-corrected chi connectivity index (χ4v) is 6.34. The minimum Gasteiger partial charge on any atom is -0.436 e. The topological polar surface area (TPSA) is 35.5 Å². The summed E-state index contributed by atoms with van der Waals surface area (Å²) >= 11 is 38.4. The van der Waals surface area contributed by atoms with Gasteiger partial charge < -0.3 is 9.47 Å². The maximum Gasteiger partial charge on any atom is 0.304 e. The zero-order chi connectivity index (χ0) is 15.1. The summed E-state index contributed by atoms with van der Waals surface area (Å²) in [5.74, 6) is -1.49. The molecule has 5 atom stereocenters. The van der Waals surface area contributed by atoms with E-state index in [1.807, 2.05) is 0 Å². The quantitative estimate of drug-likeness (QED) is 0.493. The molecule has 1 aliphatic heterocycles. The Bertz CT molecular complexity index is 534. The van der Waals surface area contributed by atoms with Gasteiger partial charge in [0.1, 0.15) is 9.75 Å². The second-order valence-electron chi connectivity index (χ2n) is 5.07. The molecule has 2 bridgehead atoms. The zero-order valence-corrected chi connectivity index (χ0v) is 14.5. The number of hydrogen-bond acceptors (Lipinski definition) is 3. The molecular formula is C11H8Cl6O3. The van der Waals surface area contributed by atoms with E-state index in [1.165, 1.54) is 6.92 Å². The van der Waals surface area contributed by atoms with E-state index in [-0.39, 0.29) is 16.7 Å². The third-order valence-corrected chi connectivity index (χ3v) is 8.49. The van der Waals surface area contributed by atoms with Crippen LogP contribution >= 0.6 is 69.6 Å². The van der Waals surface area contributed by atoms with E-state index in [1.54, 1.807) is 0 Å². The van der Waals surface area contributed by atoms with Crippen LogP contribution in [-0.2, 0) is 14.3 Å². The second-order valence-corrected chi connectivity index (χ2v) is 8.34. The molecule has 3 aliphatic rings. The fraction of sp³-hybridized carbons (Fsp3) is 0.727. The molecule has 0 spiro atoms. The first-order valence-electron chi connectivity index (χ1n) is 5.70. The van der Waals surface area contributed by atoms with E-state index in [9.17, 15) is 4.79 Å². The summed E-state index contributed by atoms with van der Waals surface area (Å²) in [5, 5.41) is 0.193. The highest BCUT2D eigenvalue weighted by molar-refractivity contribution is 6.65. The smallest absolute Gasteiger partial charge is 0.304 e. The normalized spacial score (nSPS) is 48.6. The molecule has 3 rings (SSSR count). The molecule has 1 saturated heterocycles. The number of rotatable bonds is 1. The Labute approximate surface area is 145 Å². The van der Waals surface area contributed by atoms with Crippen molar-refractivity contribution < 1.29 is 14.3 Å². The summed E-state index contributed by atoms with van der Waals surface area (Å²) in [6.07, 6.45) is -0.911. The lowest BCUT2D eigenvalue weighted by Gasteiger charge is -2.35. The van der Waals surface area contributed by atoms with Crippen molar-refractivity contribution in [2.24, 2.45) is 11.8 Å². The molecule has 0 amide bonds. The first-order valence-corrected chi connectivity index (χ1v) is 7.97. The molecule has 2 fully saturated rings. The Kier molecular flexibility index (Phi) is 3.53. The lowest BCUT2D eigenvalue weighted by molar-refractivity contribution is -0.174. The molecule has 0 aromatic carbocycles. The van der Waals surface area contributed by atoms with Crippen molar-refractivity contribution in [3.63, 3.8) is 0 Å². The Morgan fingerprint density at radius 2 is 1.75 bits per heavy atom. The van der Waals surface area contributed by atoms with E-state index >= 15 is 0 Å². The van der Waals surface area contributed by atoms with Crippen molar-refractivity contribution in [3.8, 4) is 0 Å². The van der Waals surface area contributed by atoms with Crippen molar-refractivity contribution in [2.75, 3.05) is 6.61 Å². The number of halogens is 6. The van der Waals surface area contributed by atoms with Crippen LogP contribution in [0.25, 0.3) is 0 Å². The molecule has 0 N–H and O–H groups in total. The zero-order valence-electron chi connectivity index (χ0n) is 9.93. The summed E-state index contributed by atoms with van der Waals surface area (Å²) < 4.78 is 8.95. The molecule has 1 saturated carbocycles. The highest BCUT2D eigenvalue weighted by atomic mass is 35.5. The molecule has 20 heavy (non-hydrogen) atoms. The second kappa shape index (κ2) is 4.47. The van der Waals surface area contributed by atoms with E-state index in [0.29, 0.717) is 0 Å².